The van der Waals surface area contributed by atoms with Crippen molar-refractivity contribution >= 4 is 49.1 Å². The molecule has 2 N–H and O–H groups in total. The van der Waals surface area contributed by atoms with Crippen molar-refractivity contribution in [1.29, 1.82) is 0 Å². The second kappa shape index (κ2) is 11.5. The number of nitrogens with zero attached hydrogens (tertiary/aromatic N) is 1. The minimum atomic E-state index is -3.96. The number of hydrogen-bond donors (Lipinski definition) is 2. The summed E-state index contributed by atoms with van der Waals surface area (Å²) in [6.45, 7) is 0.849. The van der Waals surface area contributed by atoms with E-state index in [1.165, 1.54) is 4.31 Å². The second-order valence-corrected chi connectivity index (χ2v) is 12.5. The number of carbonyl (C=O) groups excluding carboxylic acids is 2. The van der Waals surface area contributed by atoms with Gasteiger partial charge in [-0.2, -0.15) is 4.31 Å². The molecule has 3 aromatic rings. The fourth-order valence-electron chi connectivity index (χ4n) is 3.90. The van der Waals surface area contributed by atoms with Crippen molar-refractivity contribution in [2.45, 2.75) is 42.6 Å². The van der Waals surface area contributed by atoms with E-state index in [1.807, 2.05) is 30.3 Å². The standard InChI is InChI=1S/C25H26BrN3O4S2/c26-20-11-9-18(10-12-20)17-29(22-8-4-5-15-27-25(22)31)35(32,33)23-14-13-21(34-23)16-28-24(30)19-6-2-1-3-7-19/h1-3,6-7,9-14,22H,4-5,8,15-17H2,(H,27,31)(H,28,30)/t22-/m1/s1. The molecule has 7 nitrogen and oxygen atoms in total. The summed E-state index contributed by atoms with van der Waals surface area (Å²) in [6.07, 6.45) is 2.04. The number of halogens is 1. The number of amides is 2. The van der Waals surface area contributed by atoms with Gasteiger partial charge in [-0.3, -0.25) is 9.59 Å². The van der Waals surface area contributed by atoms with Crippen LogP contribution in [0.2, 0.25) is 0 Å². The van der Waals surface area contributed by atoms with Crippen LogP contribution in [0.4, 0.5) is 0 Å². The molecular weight excluding hydrogens is 550 g/mol. The van der Waals surface area contributed by atoms with E-state index in [0.717, 1.165) is 34.2 Å². The predicted molar refractivity (Wildman–Crippen MR) is 139 cm³/mol. The van der Waals surface area contributed by atoms with Crippen LogP contribution >= 0.6 is 27.3 Å². The molecular formula is C25H26BrN3O4S2. The molecule has 10 heteroatoms. The molecule has 2 aromatic carbocycles. The van der Waals surface area contributed by atoms with E-state index in [9.17, 15) is 18.0 Å². The molecule has 1 aliphatic heterocycles. The molecule has 4 rings (SSSR count). The van der Waals surface area contributed by atoms with Gasteiger partial charge in [0.15, 0.2) is 0 Å². The Morgan fingerprint density at radius 1 is 1.06 bits per heavy atom. The fourth-order valence-corrected chi connectivity index (χ4v) is 7.19. The van der Waals surface area contributed by atoms with Crippen LogP contribution in [0.1, 0.15) is 40.1 Å². The zero-order chi connectivity index (χ0) is 24.8. The summed E-state index contributed by atoms with van der Waals surface area (Å²) in [7, 11) is -3.96. The zero-order valence-electron chi connectivity index (χ0n) is 18.9. The lowest BCUT2D eigenvalue weighted by atomic mass is 10.1. The quantitative estimate of drug-likeness (QED) is 0.418. The number of nitrogens with one attached hydrogen (secondary N) is 2. The molecule has 1 saturated heterocycles. The van der Waals surface area contributed by atoms with Gasteiger partial charge in [0.2, 0.25) is 5.91 Å². The highest BCUT2D eigenvalue weighted by molar-refractivity contribution is 9.10. The van der Waals surface area contributed by atoms with Gasteiger partial charge in [0.25, 0.3) is 15.9 Å². The van der Waals surface area contributed by atoms with Gasteiger partial charge < -0.3 is 10.6 Å². The van der Waals surface area contributed by atoms with Gasteiger partial charge in [-0.05, 0) is 61.2 Å². The number of hydrogen-bond acceptors (Lipinski definition) is 5. The fraction of sp³-hybridized carbons (Fsp3) is 0.280. The molecule has 1 aliphatic rings. The highest BCUT2D eigenvalue weighted by Crippen LogP contribution is 2.30. The summed E-state index contributed by atoms with van der Waals surface area (Å²) in [6, 6.07) is 18.7. The minimum Gasteiger partial charge on any atom is -0.355 e. The third-order valence-electron chi connectivity index (χ3n) is 5.76. The Bertz CT molecular complexity index is 1280. The SMILES string of the molecule is O=C(NCc1ccc(S(=O)(=O)N(Cc2ccc(Br)cc2)[C@@H]2CCCCNC2=O)s1)c1ccccc1. The van der Waals surface area contributed by atoms with Crippen LogP contribution in [0.3, 0.4) is 0 Å². The number of benzene rings is 2. The van der Waals surface area contributed by atoms with Crippen molar-refractivity contribution in [1.82, 2.24) is 14.9 Å². The van der Waals surface area contributed by atoms with E-state index in [1.54, 1.807) is 36.4 Å². The smallest absolute Gasteiger partial charge is 0.253 e. The minimum absolute atomic E-state index is 0.0890. The summed E-state index contributed by atoms with van der Waals surface area (Å²) in [5.41, 5.74) is 1.33. The molecule has 0 spiro atoms. The first kappa shape index (κ1) is 25.6. The summed E-state index contributed by atoms with van der Waals surface area (Å²) in [5.74, 6) is -0.495. The molecule has 184 valence electrons. The molecule has 35 heavy (non-hydrogen) atoms. The Morgan fingerprint density at radius 2 is 1.80 bits per heavy atom. The predicted octanol–water partition coefficient (Wildman–Crippen LogP) is 4.30. The van der Waals surface area contributed by atoms with Crippen LogP contribution in [0.5, 0.6) is 0 Å². The van der Waals surface area contributed by atoms with E-state index in [2.05, 4.69) is 26.6 Å². The second-order valence-electron chi connectivity index (χ2n) is 8.25. The molecule has 0 unspecified atom stereocenters. The molecule has 1 aromatic heterocycles. The van der Waals surface area contributed by atoms with E-state index < -0.39 is 16.1 Å². The Morgan fingerprint density at radius 3 is 2.54 bits per heavy atom. The molecule has 0 aliphatic carbocycles. The van der Waals surface area contributed by atoms with E-state index >= 15 is 0 Å². The number of rotatable bonds is 8. The summed E-state index contributed by atoms with van der Waals surface area (Å²) < 4.78 is 29.9. The average Bonchev–Trinajstić information content (AvgIpc) is 3.25. The maximum absolute atomic E-state index is 13.8. The molecule has 2 amide bonds. The van der Waals surface area contributed by atoms with E-state index in [0.29, 0.717) is 23.4 Å². The van der Waals surface area contributed by atoms with Gasteiger partial charge in [-0.1, -0.05) is 46.3 Å². The number of thiophene rings is 1. The Labute approximate surface area is 217 Å². The largest absolute Gasteiger partial charge is 0.355 e. The van der Waals surface area contributed by atoms with E-state index in [-0.39, 0.29) is 29.1 Å². The van der Waals surface area contributed by atoms with Crippen LogP contribution in [0, 0.1) is 0 Å². The van der Waals surface area contributed by atoms with Crippen molar-refractivity contribution in [2.75, 3.05) is 6.54 Å². The maximum atomic E-state index is 13.8. The summed E-state index contributed by atoms with van der Waals surface area (Å²) >= 11 is 4.51. The molecule has 1 fully saturated rings. The van der Waals surface area contributed by atoms with Gasteiger partial charge in [0, 0.05) is 28.0 Å². The van der Waals surface area contributed by atoms with Crippen LogP contribution in [-0.4, -0.2) is 37.1 Å². The molecule has 0 radical (unpaired) electrons. The third-order valence-corrected chi connectivity index (χ3v) is 9.70. The van der Waals surface area contributed by atoms with Gasteiger partial charge in [0.1, 0.15) is 10.3 Å². The monoisotopic (exact) mass is 575 g/mol. The Kier molecular flexibility index (Phi) is 8.38. The first-order valence-corrected chi connectivity index (χ1v) is 14.4. The third kappa shape index (κ3) is 6.38. The summed E-state index contributed by atoms with van der Waals surface area (Å²) in [4.78, 5) is 25.9. The van der Waals surface area contributed by atoms with Crippen LogP contribution in [0.15, 0.2) is 75.4 Å². The average molecular weight is 577 g/mol. The van der Waals surface area contributed by atoms with Crippen molar-refractivity contribution in [2.24, 2.45) is 0 Å². The van der Waals surface area contributed by atoms with Crippen molar-refractivity contribution < 1.29 is 18.0 Å². The molecule has 2 heterocycles. The maximum Gasteiger partial charge on any atom is 0.253 e. The lowest BCUT2D eigenvalue weighted by Gasteiger charge is -2.28. The summed E-state index contributed by atoms with van der Waals surface area (Å²) in [5, 5.41) is 5.68. The van der Waals surface area contributed by atoms with Gasteiger partial charge in [-0.25, -0.2) is 8.42 Å². The lowest BCUT2D eigenvalue weighted by molar-refractivity contribution is -0.124. The van der Waals surface area contributed by atoms with E-state index in [4.69, 9.17) is 0 Å². The molecule has 0 bridgehead atoms. The normalized spacial score (nSPS) is 16.5. The highest BCUT2D eigenvalue weighted by atomic mass is 79.9. The number of carbonyl (C=O) groups is 2. The number of sulfonamides is 1. The Balaban J connectivity index is 1.56. The highest BCUT2D eigenvalue weighted by Gasteiger charge is 2.37. The molecule has 1 atom stereocenters. The van der Waals surface area contributed by atoms with Crippen LogP contribution < -0.4 is 10.6 Å². The van der Waals surface area contributed by atoms with Crippen LogP contribution in [-0.2, 0) is 27.9 Å². The molecule has 0 saturated carbocycles. The Hall–Kier alpha value is -2.53. The van der Waals surface area contributed by atoms with Crippen molar-refractivity contribution in [3.8, 4) is 0 Å². The lowest BCUT2D eigenvalue weighted by Crippen LogP contribution is -2.48. The van der Waals surface area contributed by atoms with Gasteiger partial charge in [-0.15, -0.1) is 11.3 Å². The van der Waals surface area contributed by atoms with Gasteiger partial charge in [0.05, 0.1) is 6.54 Å². The van der Waals surface area contributed by atoms with Gasteiger partial charge >= 0.3 is 0 Å². The topological polar surface area (TPSA) is 95.6 Å². The van der Waals surface area contributed by atoms with Crippen molar-refractivity contribution in [3.63, 3.8) is 0 Å². The van der Waals surface area contributed by atoms with Crippen LogP contribution in [0.25, 0.3) is 0 Å². The zero-order valence-corrected chi connectivity index (χ0v) is 22.2. The van der Waals surface area contributed by atoms with Crippen molar-refractivity contribution in [3.05, 3.63) is 87.2 Å². The first-order chi connectivity index (χ1) is 16.8. The first-order valence-electron chi connectivity index (χ1n) is 11.3.